The zero-order chi connectivity index (χ0) is 16.1. The first-order chi connectivity index (χ1) is 10.6. The molecule has 0 spiro atoms. The van der Waals surface area contributed by atoms with Crippen LogP contribution in [0.15, 0.2) is 36.4 Å². The summed E-state index contributed by atoms with van der Waals surface area (Å²) in [5.41, 5.74) is 3.20. The van der Waals surface area contributed by atoms with Crippen LogP contribution in [0.5, 0.6) is 17.2 Å². The van der Waals surface area contributed by atoms with Crippen LogP contribution < -0.4 is 19.5 Å². The lowest BCUT2D eigenvalue weighted by Crippen LogP contribution is -2.12. The minimum atomic E-state index is 0.219. The highest BCUT2D eigenvalue weighted by molar-refractivity contribution is 5.75. The Morgan fingerprint density at radius 1 is 0.909 bits per heavy atom. The van der Waals surface area contributed by atoms with Gasteiger partial charge in [0.05, 0.1) is 21.3 Å². The highest BCUT2D eigenvalue weighted by atomic mass is 16.5. The summed E-state index contributed by atoms with van der Waals surface area (Å²) in [5, 5.41) is 3.25. The van der Waals surface area contributed by atoms with Crippen molar-refractivity contribution in [3.05, 3.63) is 42.0 Å². The normalized spacial score (nSPS) is 11.9. The molecule has 0 bridgehead atoms. The molecule has 0 heterocycles. The Bertz CT molecular complexity index is 623. The summed E-state index contributed by atoms with van der Waals surface area (Å²) in [4.78, 5) is 0. The minimum absolute atomic E-state index is 0.219. The molecule has 0 aromatic heterocycles. The summed E-state index contributed by atoms with van der Waals surface area (Å²) in [7, 11) is 6.91. The first kappa shape index (κ1) is 16.2. The van der Waals surface area contributed by atoms with E-state index in [-0.39, 0.29) is 6.04 Å². The molecule has 0 aliphatic rings. The molecule has 0 amide bonds. The number of nitrogens with one attached hydrogen (secondary N) is 1. The molecule has 0 radical (unpaired) electrons. The van der Waals surface area contributed by atoms with E-state index in [0.29, 0.717) is 0 Å². The number of rotatable bonds is 6. The van der Waals surface area contributed by atoms with Gasteiger partial charge in [-0.3, -0.25) is 0 Å². The van der Waals surface area contributed by atoms with Crippen LogP contribution in [0.25, 0.3) is 11.1 Å². The van der Waals surface area contributed by atoms with Gasteiger partial charge in [0.15, 0.2) is 11.5 Å². The first-order valence-corrected chi connectivity index (χ1v) is 7.22. The van der Waals surface area contributed by atoms with Gasteiger partial charge in [0.2, 0.25) is 0 Å². The predicted molar refractivity (Wildman–Crippen MR) is 89.0 cm³/mol. The van der Waals surface area contributed by atoms with Crippen molar-refractivity contribution in [2.75, 3.05) is 28.4 Å². The summed E-state index contributed by atoms with van der Waals surface area (Å²) in [6.45, 7) is 2.11. The third-order valence-electron chi connectivity index (χ3n) is 3.84. The van der Waals surface area contributed by atoms with Crippen LogP contribution >= 0.6 is 0 Å². The third kappa shape index (κ3) is 3.17. The number of methoxy groups -OCH3 is 3. The van der Waals surface area contributed by atoms with Crippen LogP contribution in [-0.2, 0) is 0 Å². The highest BCUT2D eigenvalue weighted by Gasteiger charge is 2.16. The molecule has 2 rings (SSSR count). The molecular formula is C18H23NO3. The molecule has 1 N–H and O–H groups in total. The van der Waals surface area contributed by atoms with E-state index in [9.17, 15) is 0 Å². The molecule has 0 aliphatic carbocycles. The first-order valence-electron chi connectivity index (χ1n) is 7.22. The van der Waals surface area contributed by atoms with Gasteiger partial charge in [-0.05, 0) is 49.4 Å². The van der Waals surface area contributed by atoms with Gasteiger partial charge < -0.3 is 19.5 Å². The largest absolute Gasteiger partial charge is 0.497 e. The molecular weight excluding hydrogens is 278 g/mol. The van der Waals surface area contributed by atoms with Crippen LogP contribution in [0.4, 0.5) is 0 Å². The number of hydrogen-bond acceptors (Lipinski definition) is 4. The van der Waals surface area contributed by atoms with Crippen molar-refractivity contribution in [1.82, 2.24) is 5.32 Å². The van der Waals surface area contributed by atoms with Crippen molar-refractivity contribution in [1.29, 1.82) is 0 Å². The lowest BCUT2D eigenvalue weighted by atomic mass is 9.98. The van der Waals surface area contributed by atoms with E-state index in [2.05, 4.69) is 18.3 Å². The topological polar surface area (TPSA) is 39.7 Å². The van der Waals surface area contributed by atoms with E-state index in [1.807, 2.05) is 37.4 Å². The van der Waals surface area contributed by atoms with Crippen LogP contribution in [0.2, 0.25) is 0 Å². The monoisotopic (exact) mass is 301 g/mol. The molecule has 4 nitrogen and oxygen atoms in total. The van der Waals surface area contributed by atoms with E-state index in [1.165, 1.54) is 0 Å². The molecule has 0 aliphatic heterocycles. The van der Waals surface area contributed by atoms with Crippen molar-refractivity contribution in [3.63, 3.8) is 0 Å². The fourth-order valence-electron chi connectivity index (χ4n) is 2.39. The second kappa shape index (κ2) is 7.18. The lowest BCUT2D eigenvalue weighted by Gasteiger charge is -2.18. The third-order valence-corrected chi connectivity index (χ3v) is 3.84. The molecule has 2 aromatic carbocycles. The molecule has 4 heteroatoms. The van der Waals surface area contributed by atoms with Gasteiger partial charge in [-0.1, -0.05) is 12.1 Å². The van der Waals surface area contributed by atoms with E-state index in [4.69, 9.17) is 14.2 Å². The van der Waals surface area contributed by atoms with E-state index < -0.39 is 0 Å². The smallest absolute Gasteiger partial charge is 0.168 e. The average molecular weight is 301 g/mol. The molecule has 118 valence electrons. The quantitative estimate of drug-likeness (QED) is 0.884. The Labute approximate surface area is 132 Å². The van der Waals surface area contributed by atoms with Crippen LogP contribution in [0.1, 0.15) is 18.5 Å². The van der Waals surface area contributed by atoms with E-state index >= 15 is 0 Å². The fourth-order valence-corrected chi connectivity index (χ4v) is 2.39. The molecule has 1 unspecified atom stereocenters. The van der Waals surface area contributed by atoms with Crippen molar-refractivity contribution < 1.29 is 14.2 Å². The van der Waals surface area contributed by atoms with Gasteiger partial charge in [-0.15, -0.1) is 0 Å². The maximum atomic E-state index is 5.57. The Balaban J connectivity index is 2.59. The van der Waals surface area contributed by atoms with Crippen LogP contribution in [0.3, 0.4) is 0 Å². The molecule has 2 aromatic rings. The molecule has 0 saturated heterocycles. The van der Waals surface area contributed by atoms with Crippen LogP contribution in [-0.4, -0.2) is 28.4 Å². The zero-order valence-electron chi connectivity index (χ0n) is 13.8. The fraction of sp³-hybridized carbons (Fsp3) is 0.333. The Morgan fingerprint density at radius 2 is 1.59 bits per heavy atom. The molecule has 0 fully saturated rings. The average Bonchev–Trinajstić information content (AvgIpc) is 2.59. The molecule has 0 saturated carbocycles. The Morgan fingerprint density at radius 3 is 2.09 bits per heavy atom. The number of ether oxygens (including phenoxy) is 3. The standard InChI is InChI=1S/C18H23NO3/c1-12(19-2)14-10-16(18(22-5)17(11-14)21-4)13-6-8-15(20-3)9-7-13/h6-12,19H,1-5H3. The summed E-state index contributed by atoms with van der Waals surface area (Å²) >= 11 is 0. The summed E-state index contributed by atoms with van der Waals surface area (Å²) in [5.74, 6) is 2.29. The summed E-state index contributed by atoms with van der Waals surface area (Å²) < 4.78 is 16.3. The van der Waals surface area contributed by atoms with Crippen molar-refractivity contribution in [2.24, 2.45) is 0 Å². The van der Waals surface area contributed by atoms with Crippen molar-refractivity contribution in [3.8, 4) is 28.4 Å². The van der Waals surface area contributed by atoms with Gasteiger partial charge in [0.1, 0.15) is 5.75 Å². The van der Waals surface area contributed by atoms with E-state index in [1.54, 1.807) is 21.3 Å². The predicted octanol–water partition coefficient (Wildman–Crippen LogP) is 3.66. The molecule has 22 heavy (non-hydrogen) atoms. The van der Waals surface area contributed by atoms with Crippen molar-refractivity contribution in [2.45, 2.75) is 13.0 Å². The highest BCUT2D eigenvalue weighted by Crippen LogP contribution is 2.40. The van der Waals surface area contributed by atoms with Gasteiger partial charge in [0.25, 0.3) is 0 Å². The van der Waals surface area contributed by atoms with Crippen molar-refractivity contribution >= 4 is 0 Å². The second-order valence-electron chi connectivity index (χ2n) is 5.04. The van der Waals surface area contributed by atoms with Gasteiger partial charge >= 0.3 is 0 Å². The maximum absolute atomic E-state index is 5.57. The minimum Gasteiger partial charge on any atom is -0.497 e. The lowest BCUT2D eigenvalue weighted by molar-refractivity contribution is 0.355. The van der Waals surface area contributed by atoms with E-state index in [0.717, 1.165) is 33.9 Å². The Kier molecular flexibility index (Phi) is 5.28. The van der Waals surface area contributed by atoms with Gasteiger partial charge in [0, 0.05) is 11.6 Å². The maximum Gasteiger partial charge on any atom is 0.168 e. The van der Waals surface area contributed by atoms with Gasteiger partial charge in [-0.25, -0.2) is 0 Å². The SMILES string of the molecule is CNC(C)c1cc(OC)c(OC)c(-c2ccc(OC)cc2)c1. The second-order valence-corrected chi connectivity index (χ2v) is 5.04. The number of benzene rings is 2. The Hall–Kier alpha value is -2.20. The van der Waals surface area contributed by atoms with Crippen LogP contribution in [0, 0.1) is 0 Å². The molecule has 1 atom stereocenters. The van der Waals surface area contributed by atoms with Gasteiger partial charge in [-0.2, -0.15) is 0 Å². The summed E-state index contributed by atoms with van der Waals surface area (Å²) in [6.07, 6.45) is 0. The zero-order valence-corrected chi connectivity index (χ0v) is 13.8. The summed E-state index contributed by atoms with van der Waals surface area (Å²) in [6, 6.07) is 12.3. The number of hydrogen-bond donors (Lipinski definition) is 1.